The van der Waals surface area contributed by atoms with Crippen LogP contribution in [0.25, 0.3) is 0 Å². The summed E-state index contributed by atoms with van der Waals surface area (Å²) in [6, 6.07) is 17.2. The number of rotatable bonds is 6. The van der Waals surface area contributed by atoms with E-state index in [1.807, 2.05) is 6.07 Å². The SMILES string of the molecule is CCC(N)Cc1cc(Br)ccc1N(CC)c1ccccc1. The van der Waals surface area contributed by atoms with Gasteiger partial charge in [-0.3, -0.25) is 0 Å². The van der Waals surface area contributed by atoms with Crippen molar-refractivity contribution in [3.63, 3.8) is 0 Å². The number of hydrogen-bond acceptors (Lipinski definition) is 2. The van der Waals surface area contributed by atoms with E-state index in [0.717, 1.165) is 23.9 Å². The Hall–Kier alpha value is -1.32. The first-order valence-corrected chi connectivity index (χ1v) is 8.31. The molecule has 0 saturated heterocycles. The summed E-state index contributed by atoms with van der Waals surface area (Å²) in [5.74, 6) is 0. The normalized spacial score (nSPS) is 12.2. The first-order chi connectivity index (χ1) is 10.2. The topological polar surface area (TPSA) is 29.3 Å². The molecule has 0 amide bonds. The van der Waals surface area contributed by atoms with Gasteiger partial charge < -0.3 is 10.6 Å². The van der Waals surface area contributed by atoms with E-state index in [9.17, 15) is 0 Å². The van der Waals surface area contributed by atoms with Crippen LogP contribution in [0.1, 0.15) is 25.8 Å². The molecule has 21 heavy (non-hydrogen) atoms. The van der Waals surface area contributed by atoms with Crippen LogP contribution < -0.4 is 10.6 Å². The fourth-order valence-electron chi connectivity index (χ4n) is 2.51. The van der Waals surface area contributed by atoms with Crippen molar-refractivity contribution in [3.8, 4) is 0 Å². The van der Waals surface area contributed by atoms with Gasteiger partial charge in [0.25, 0.3) is 0 Å². The molecule has 0 saturated carbocycles. The Morgan fingerprint density at radius 1 is 1.10 bits per heavy atom. The Bertz CT molecular complexity index is 569. The van der Waals surface area contributed by atoms with Gasteiger partial charge in [0, 0.05) is 28.4 Å². The Kier molecular flexibility index (Phi) is 5.83. The fourth-order valence-corrected chi connectivity index (χ4v) is 2.92. The zero-order valence-electron chi connectivity index (χ0n) is 12.7. The van der Waals surface area contributed by atoms with Crippen LogP contribution in [0.2, 0.25) is 0 Å². The van der Waals surface area contributed by atoms with E-state index < -0.39 is 0 Å². The highest BCUT2D eigenvalue weighted by molar-refractivity contribution is 9.10. The van der Waals surface area contributed by atoms with E-state index >= 15 is 0 Å². The molecule has 112 valence electrons. The summed E-state index contributed by atoms with van der Waals surface area (Å²) in [5, 5.41) is 0. The molecule has 0 spiro atoms. The average molecular weight is 347 g/mol. The predicted molar refractivity (Wildman–Crippen MR) is 95.2 cm³/mol. The summed E-state index contributed by atoms with van der Waals surface area (Å²) in [7, 11) is 0. The fraction of sp³-hybridized carbons (Fsp3) is 0.333. The monoisotopic (exact) mass is 346 g/mol. The van der Waals surface area contributed by atoms with Crippen molar-refractivity contribution in [3.05, 3.63) is 58.6 Å². The molecule has 2 nitrogen and oxygen atoms in total. The van der Waals surface area contributed by atoms with Crippen LogP contribution in [0.3, 0.4) is 0 Å². The largest absolute Gasteiger partial charge is 0.342 e. The molecule has 0 aliphatic carbocycles. The number of nitrogens with two attached hydrogens (primary N) is 1. The molecule has 0 aliphatic heterocycles. The van der Waals surface area contributed by atoms with Gasteiger partial charge in [-0.25, -0.2) is 0 Å². The number of hydrogen-bond donors (Lipinski definition) is 1. The first-order valence-electron chi connectivity index (χ1n) is 7.52. The summed E-state index contributed by atoms with van der Waals surface area (Å²) in [5.41, 5.74) is 9.93. The van der Waals surface area contributed by atoms with Gasteiger partial charge in [-0.05, 0) is 55.7 Å². The molecule has 0 bridgehead atoms. The molecule has 0 aliphatic rings. The quantitative estimate of drug-likeness (QED) is 0.806. The third-order valence-corrected chi connectivity index (χ3v) is 4.22. The van der Waals surface area contributed by atoms with Gasteiger partial charge in [-0.1, -0.05) is 41.1 Å². The van der Waals surface area contributed by atoms with Crippen molar-refractivity contribution in [2.24, 2.45) is 5.73 Å². The first kappa shape index (κ1) is 16.1. The zero-order chi connectivity index (χ0) is 15.2. The van der Waals surface area contributed by atoms with Crippen LogP contribution in [0.5, 0.6) is 0 Å². The number of para-hydroxylation sites is 1. The van der Waals surface area contributed by atoms with Crippen LogP contribution >= 0.6 is 15.9 Å². The van der Waals surface area contributed by atoms with E-state index in [1.165, 1.54) is 16.9 Å². The Morgan fingerprint density at radius 3 is 2.43 bits per heavy atom. The lowest BCUT2D eigenvalue weighted by atomic mass is 10.0. The molecule has 3 heteroatoms. The van der Waals surface area contributed by atoms with E-state index in [-0.39, 0.29) is 6.04 Å². The lowest BCUT2D eigenvalue weighted by Gasteiger charge is -2.27. The standard InChI is InChI=1S/C18H23BrN2/c1-3-16(20)13-14-12-15(19)10-11-18(14)21(4-2)17-8-6-5-7-9-17/h5-12,16H,3-4,13,20H2,1-2H3. The van der Waals surface area contributed by atoms with Crippen molar-refractivity contribution in [1.82, 2.24) is 0 Å². The average Bonchev–Trinajstić information content (AvgIpc) is 2.51. The summed E-state index contributed by atoms with van der Waals surface area (Å²) in [4.78, 5) is 2.34. The number of halogens is 1. The van der Waals surface area contributed by atoms with Crippen molar-refractivity contribution < 1.29 is 0 Å². The molecule has 1 unspecified atom stereocenters. The van der Waals surface area contributed by atoms with Gasteiger partial charge in [0.2, 0.25) is 0 Å². The lowest BCUT2D eigenvalue weighted by Crippen LogP contribution is -2.24. The lowest BCUT2D eigenvalue weighted by molar-refractivity contribution is 0.646. The summed E-state index contributed by atoms with van der Waals surface area (Å²) >= 11 is 3.58. The van der Waals surface area contributed by atoms with Crippen molar-refractivity contribution in [1.29, 1.82) is 0 Å². The highest BCUT2D eigenvalue weighted by atomic mass is 79.9. The maximum atomic E-state index is 6.17. The third kappa shape index (κ3) is 4.08. The van der Waals surface area contributed by atoms with Gasteiger partial charge in [0.1, 0.15) is 0 Å². The summed E-state index contributed by atoms with van der Waals surface area (Å²) < 4.78 is 1.11. The van der Waals surface area contributed by atoms with E-state index in [1.54, 1.807) is 0 Å². The van der Waals surface area contributed by atoms with Gasteiger partial charge in [-0.15, -0.1) is 0 Å². The molecular formula is C18H23BrN2. The Morgan fingerprint density at radius 2 is 1.81 bits per heavy atom. The molecule has 2 aromatic rings. The molecular weight excluding hydrogens is 324 g/mol. The second kappa shape index (κ2) is 7.62. The molecule has 2 aromatic carbocycles. The molecule has 2 rings (SSSR count). The van der Waals surface area contributed by atoms with Crippen LogP contribution in [0, 0.1) is 0 Å². The molecule has 0 heterocycles. The third-order valence-electron chi connectivity index (χ3n) is 3.72. The number of benzene rings is 2. The van der Waals surface area contributed by atoms with Crippen LogP contribution in [-0.4, -0.2) is 12.6 Å². The van der Waals surface area contributed by atoms with Crippen molar-refractivity contribution >= 4 is 27.3 Å². The van der Waals surface area contributed by atoms with E-state index in [0.29, 0.717) is 0 Å². The van der Waals surface area contributed by atoms with E-state index in [2.05, 4.69) is 77.1 Å². The van der Waals surface area contributed by atoms with Gasteiger partial charge in [0.15, 0.2) is 0 Å². The zero-order valence-corrected chi connectivity index (χ0v) is 14.3. The minimum absolute atomic E-state index is 0.201. The summed E-state index contributed by atoms with van der Waals surface area (Å²) in [6.07, 6.45) is 1.89. The van der Waals surface area contributed by atoms with Gasteiger partial charge in [-0.2, -0.15) is 0 Å². The minimum atomic E-state index is 0.201. The van der Waals surface area contributed by atoms with Crippen LogP contribution in [-0.2, 0) is 6.42 Å². The van der Waals surface area contributed by atoms with Crippen LogP contribution in [0.15, 0.2) is 53.0 Å². The highest BCUT2D eigenvalue weighted by Crippen LogP contribution is 2.31. The molecule has 1 atom stereocenters. The second-order valence-electron chi connectivity index (χ2n) is 5.23. The minimum Gasteiger partial charge on any atom is -0.342 e. The molecule has 0 radical (unpaired) electrons. The number of anilines is 2. The van der Waals surface area contributed by atoms with Gasteiger partial charge >= 0.3 is 0 Å². The second-order valence-corrected chi connectivity index (χ2v) is 6.14. The van der Waals surface area contributed by atoms with E-state index in [4.69, 9.17) is 5.73 Å². The summed E-state index contributed by atoms with van der Waals surface area (Å²) in [6.45, 7) is 5.25. The maximum Gasteiger partial charge on any atom is 0.0444 e. The Labute approximate surface area is 136 Å². The molecule has 0 aromatic heterocycles. The maximum absolute atomic E-state index is 6.17. The van der Waals surface area contributed by atoms with Crippen molar-refractivity contribution in [2.45, 2.75) is 32.7 Å². The van der Waals surface area contributed by atoms with Crippen molar-refractivity contribution in [2.75, 3.05) is 11.4 Å². The van der Waals surface area contributed by atoms with Crippen LogP contribution in [0.4, 0.5) is 11.4 Å². The Balaban J connectivity index is 2.41. The van der Waals surface area contributed by atoms with Gasteiger partial charge in [0.05, 0.1) is 0 Å². The highest BCUT2D eigenvalue weighted by Gasteiger charge is 2.14. The molecule has 0 fully saturated rings. The molecule has 2 N–H and O–H groups in total. The predicted octanol–water partition coefficient (Wildman–Crippen LogP) is 4.89. The smallest absolute Gasteiger partial charge is 0.0444 e. The number of nitrogens with zero attached hydrogens (tertiary/aromatic N) is 1.